The number of hydrogen-bond donors (Lipinski definition) is 1. The van der Waals surface area contributed by atoms with Crippen molar-refractivity contribution in [3.63, 3.8) is 0 Å². The number of sulfonamides is 1. The minimum absolute atomic E-state index is 0.0808. The highest BCUT2D eigenvalue weighted by molar-refractivity contribution is 7.89. The second-order valence-electron chi connectivity index (χ2n) is 4.82. The molecule has 0 atom stereocenters. The van der Waals surface area contributed by atoms with Crippen LogP contribution in [0.15, 0.2) is 11.1 Å². The van der Waals surface area contributed by atoms with E-state index >= 15 is 0 Å². The highest BCUT2D eigenvalue weighted by Crippen LogP contribution is 2.29. The molecule has 102 valence electrons. The van der Waals surface area contributed by atoms with E-state index in [1.54, 1.807) is 11.7 Å². The van der Waals surface area contributed by atoms with Crippen LogP contribution in [0.25, 0.3) is 0 Å². The van der Waals surface area contributed by atoms with E-state index in [1.807, 2.05) is 6.92 Å². The number of aryl methyl sites for hydroxylation is 1. The van der Waals surface area contributed by atoms with Crippen LogP contribution in [0.4, 0.5) is 5.82 Å². The van der Waals surface area contributed by atoms with Crippen LogP contribution in [0, 0.1) is 5.92 Å². The van der Waals surface area contributed by atoms with E-state index in [0.717, 1.165) is 12.8 Å². The average Bonchev–Trinajstić information content (AvgIpc) is 2.65. The summed E-state index contributed by atoms with van der Waals surface area (Å²) < 4.78 is 27.6. The van der Waals surface area contributed by atoms with Gasteiger partial charge < -0.3 is 5.73 Å². The van der Waals surface area contributed by atoms with Crippen molar-refractivity contribution in [2.24, 2.45) is 5.92 Å². The molecule has 1 aromatic rings. The Bertz CT molecular complexity index is 519. The molecule has 0 unspecified atom stereocenters. The van der Waals surface area contributed by atoms with Crippen molar-refractivity contribution < 1.29 is 8.42 Å². The van der Waals surface area contributed by atoms with E-state index in [2.05, 4.69) is 5.10 Å². The molecular formula is C11H20N4O2S. The molecule has 0 saturated heterocycles. The molecular weight excluding hydrogens is 252 g/mol. The molecule has 2 rings (SSSR count). The van der Waals surface area contributed by atoms with Crippen LogP contribution in [-0.2, 0) is 16.6 Å². The first kappa shape index (κ1) is 13.4. The molecule has 18 heavy (non-hydrogen) atoms. The zero-order valence-electron chi connectivity index (χ0n) is 10.8. The normalized spacial score (nSPS) is 17.1. The Labute approximate surface area is 108 Å². The summed E-state index contributed by atoms with van der Waals surface area (Å²) >= 11 is 0. The molecule has 1 aliphatic carbocycles. The fourth-order valence-electron chi connectivity index (χ4n) is 2.08. The monoisotopic (exact) mass is 272 g/mol. The van der Waals surface area contributed by atoms with Crippen molar-refractivity contribution in [3.8, 4) is 0 Å². The predicted molar refractivity (Wildman–Crippen MR) is 69.5 cm³/mol. The molecule has 6 nitrogen and oxygen atoms in total. The summed E-state index contributed by atoms with van der Waals surface area (Å²) in [7, 11) is -1.90. The van der Waals surface area contributed by atoms with Crippen molar-refractivity contribution in [1.29, 1.82) is 0 Å². The van der Waals surface area contributed by atoms with Crippen molar-refractivity contribution in [3.05, 3.63) is 6.20 Å². The summed E-state index contributed by atoms with van der Waals surface area (Å²) in [5, 5.41) is 3.98. The third-order valence-corrected chi connectivity index (χ3v) is 5.35. The summed E-state index contributed by atoms with van der Waals surface area (Å²) in [5.41, 5.74) is 5.68. The Morgan fingerprint density at radius 1 is 1.56 bits per heavy atom. The maximum atomic E-state index is 12.4. The number of nitrogens with zero attached hydrogens (tertiary/aromatic N) is 3. The summed E-state index contributed by atoms with van der Waals surface area (Å²) in [5.74, 6) is 0.574. The molecule has 0 radical (unpaired) electrons. The number of aromatic nitrogens is 2. The molecule has 7 heteroatoms. The SMILES string of the molecule is CCn1cc(S(=O)(=O)N(C)CC2CCC2)c(N)n1. The Hall–Kier alpha value is -1.08. The molecule has 0 amide bonds. The van der Waals surface area contributed by atoms with Crippen LogP contribution in [0.3, 0.4) is 0 Å². The van der Waals surface area contributed by atoms with Gasteiger partial charge in [0.25, 0.3) is 0 Å². The van der Waals surface area contributed by atoms with Crippen molar-refractivity contribution in [2.75, 3.05) is 19.3 Å². The average molecular weight is 272 g/mol. The fraction of sp³-hybridized carbons (Fsp3) is 0.727. The molecule has 1 fully saturated rings. The Balaban J connectivity index is 2.20. The zero-order chi connectivity index (χ0) is 13.3. The smallest absolute Gasteiger partial charge is 0.248 e. The van der Waals surface area contributed by atoms with Gasteiger partial charge in [0.15, 0.2) is 5.82 Å². The third-order valence-electron chi connectivity index (χ3n) is 3.51. The van der Waals surface area contributed by atoms with Gasteiger partial charge in [-0.25, -0.2) is 12.7 Å². The quantitative estimate of drug-likeness (QED) is 0.863. The molecule has 0 aromatic carbocycles. The van der Waals surface area contributed by atoms with Crippen LogP contribution in [0.5, 0.6) is 0 Å². The minimum atomic E-state index is -3.51. The molecule has 2 N–H and O–H groups in total. The van der Waals surface area contributed by atoms with Gasteiger partial charge in [-0.05, 0) is 25.7 Å². The van der Waals surface area contributed by atoms with Crippen molar-refractivity contribution >= 4 is 15.8 Å². The van der Waals surface area contributed by atoms with Crippen LogP contribution < -0.4 is 5.73 Å². The molecule has 1 saturated carbocycles. The zero-order valence-corrected chi connectivity index (χ0v) is 11.7. The minimum Gasteiger partial charge on any atom is -0.381 e. The van der Waals surface area contributed by atoms with Gasteiger partial charge in [-0.1, -0.05) is 6.42 Å². The van der Waals surface area contributed by atoms with Crippen LogP contribution in [0.2, 0.25) is 0 Å². The molecule has 1 heterocycles. The second-order valence-corrected chi connectivity index (χ2v) is 6.83. The van der Waals surface area contributed by atoms with E-state index in [0.29, 0.717) is 19.0 Å². The lowest BCUT2D eigenvalue weighted by Crippen LogP contribution is -2.34. The van der Waals surface area contributed by atoms with Crippen molar-refractivity contribution in [2.45, 2.75) is 37.6 Å². The molecule has 0 aliphatic heterocycles. The van der Waals surface area contributed by atoms with Gasteiger partial charge in [0.2, 0.25) is 10.0 Å². The van der Waals surface area contributed by atoms with E-state index in [-0.39, 0.29) is 10.7 Å². The summed E-state index contributed by atoms with van der Waals surface area (Å²) in [4.78, 5) is 0.117. The fourth-order valence-corrected chi connectivity index (χ4v) is 3.39. The number of nitrogens with two attached hydrogens (primary N) is 1. The maximum absolute atomic E-state index is 12.4. The maximum Gasteiger partial charge on any atom is 0.248 e. The first-order chi connectivity index (χ1) is 8.45. The Morgan fingerprint density at radius 2 is 2.22 bits per heavy atom. The van der Waals surface area contributed by atoms with Gasteiger partial charge in [0.1, 0.15) is 4.90 Å². The van der Waals surface area contributed by atoms with Gasteiger partial charge >= 0.3 is 0 Å². The lowest BCUT2D eigenvalue weighted by molar-refractivity contribution is 0.263. The predicted octanol–water partition coefficient (Wildman–Crippen LogP) is 0.906. The van der Waals surface area contributed by atoms with Crippen molar-refractivity contribution in [1.82, 2.24) is 14.1 Å². The third kappa shape index (κ3) is 2.37. The molecule has 0 spiro atoms. The lowest BCUT2D eigenvalue weighted by atomic mass is 9.86. The highest BCUT2D eigenvalue weighted by Gasteiger charge is 2.29. The highest BCUT2D eigenvalue weighted by atomic mass is 32.2. The van der Waals surface area contributed by atoms with E-state index in [1.165, 1.54) is 16.9 Å². The lowest BCUT2D eigenvalue weighted by Gasteiger charge is -2.29. The first-order valence-corrected chi connectivity index (χ1v) is 7.68. The Kier molecular flexibility index (Phi) is 3.63. The number of rotatable bonds is 5. The summed E-state index contributed by atoms with van der Waals surface area (Å²) in [6, 6.07) is 0. The van der Waals surface area contributed by atoms with Crippen LogP contribution in [0.1, 0.15) is 26.2 Å². The second kappa shape index (κ2) is 4.89. The van der Waals surface area contributed by atoms with Gasteiger partial charge in [0, 0.05) is 26.3 Å². The van der Waals surface area contributed by atoms with Gasteiger partial charge in [-0.15, -0.1) is 0 Å². The largest absolute Gasteiger partial charge is 0.381 e. The van der Waals surface area contributed by atoms with E-state index in [9.17, 15) is 8.42 Å². The standard InChI is InChI=1S/C11H20N4O2S/c1-3-15-8-10(11(12)13-15)18(16,17)14(2)7-9-5-4-6-9/h8-9H,3-7H2,1-2H3,(H2,12,13). The molecule has 1 aliphatic rings. The summed E-state index contributed by atoms with van der Waals surface area (Å²) in [6.45, 7) is 3.06. The number of anilines is 1. The Morgan fingerprint density at radius 3 is 2.67 bits per heavy atom. The topological polar surface area (TPSA) is 81.2 Å². The van der Waals surface area contributed by atoms with Gasteiger partial charge in [-0.2, -0.15) is 5.10 Å². The van der Waals surface area contributed by atoms with Crippen LogP contribution >= 0.6 is 0 Å². The van der Waals surface area contributed by atoms with Gasteiger partial charge in [-0.3, -0.25) is 4.68 Å². The molecule has 0 bridgehead atoms. The summed E-state index contributed by atoms with van der Waals surface area (Å²) in [6.07, 6.45) is 4.93. The number of nitrogen functional groups attached to an aromatic ring is 1. The van der Waals surface area contributed by atoms with E-state index in [4.69, 9.17) is 5.73 Å². The van der Waals surface area contributed by atoms with E-state index < -0.39 is 10.0 Å². The number of hydrogen-bond acceptors (Lipinski definition) is 4. The van der Waals surface area contributed by atoms with Gasteiger partial charge in [0.05, 0.1) is 0 Å². The first-order valence-electron chi connectivity index (χ1n) is 6.24. The molecule has 1 aromatic heterocycles. The van der Waals surface area contributed by atoms with Crippen LogP contribution in [-0.4, -0.2) is 36.1 Å².